The van der Waals surface area contributed by atoms with Crippen molar-refractivity contribution in [3.8, 4) is 0 Å². The van der Waals surface area contributed by atoms with E-state index in [1.807, 2.05) is 6.92 Å². The Balaban J connectivity index is 1.79. The minimum absolute atomic E-state index is 0.0407. The smallest absolute Gasteiger partial charge is 0.148 e. The van der Waals surface area contributed by atoms with Gasteiger partial charge in [0.15, 0.2) is 0 Å². The number of aryl methyl sites for hydroxylation is 1. The predicted octanol–water partition coefficient (Wildman–Crippen LogP) is 2.26. The highest BCUT2D eigenvalue weighted by molar-refractivity contribution is 7.90. The Kier molecular flexibility index (Phi) is 4.31. The van der Waals surface area contributed by atoms with E-state index in [-0.39, 0.29) is 11.8 Å². The van der Waals surface area contributed by atoms with Gasteiger partial charge in [0.1, 0.15) is 9.84 Å². The largest absolute Gasteiger partial charge is 0.310 e. The Hall–Kier alpha value is -0.870. The average molecular weight is 281 g/mol. The van der Waals surface area contributed by atoms with Crippen molar-refractivity contribution < 1.29 is 8.42 Å². The van der Waals surface area contributed by atoms with Gasteiger partial charge in [-0.1, -0.05) is 29.8 Å². The Labute approximate surface area is 116 Å². The average Bonchev–Trinajstić information content (AvgIpc) is 2.22. The van der Waals surface area contributed by atoms with E-state index in [2.05, 4.69) is 36.5 Å². The summed E-state index contributed by atoms with van der Waals surface area (Å²) in [6.45, 7) is 4.04. The summed E-state index contributed by atoms with van der Waals surface area (Å²) >= 11 is 0. The van der Waals surface area contributed by atoms with Crippen LogP contribution in [0.3, 0.4) is 0 Å². The van der Waals surface area contributed by atoms with Crippen LogP contribution in [0, 0.1) is 6.92 Å². The van der Waals surface area contributed by atoms with Gasteiger partial charge in [-0.2, -0.15) is 0 Å². The van der Waals surface area contributed by atoms with Crippen LogP contribution in [0.15, 0.2) is 24.3 Å². The molecule has 0 aliphatic heterocycles. The molecule has 106 valence electrons. The molecule has 4 heteroatoms. The van der Waals surface area contributed by atoms with Gasteiger partial charge in [-0.3, -0.25) is 0 Å². The zero-order valence-corrected chi connectivity index (χ0v) is 12.7. The molecule has 0 amide bonds. The quantitative estimate of drug-likeness (QED) is 0.900. The lowest BCUT2D eigenvalue weighted by molar-refractivity contribution is 0.275. The highest BCUT2D eigenvalue weighted by atomic mass is 32.2. The minimum atomic E-state index is -2.89. The fourth-order valence-electron chi connectivity index (χ4n) is 2.77. The molecule has 1 fully saturated rings. The molecule has 1 aromatic carbocycles. The van der Waals surface area contributed by atoms with Crippen LogP contribution in [-0.4, -0.2) is 32.5 Å². The monoisotopic (exact) mass is 281 g/mol. The fraction of sp³-hybridized carbons (Fsp3) is 0.600. The molecule has 1 aliphatic carbocycles. The van der Waals surface area contributed by atoms with Gasteiger partial charge in [-0.05, 0) is 38.2 Å². The highest BCUT2D eigenvalue weighted by Gasteiger charge is 2.31. The van der Waals surface area contributed by atoms with Crippen molar-refractivity contribution in [3.05, 3.63) is 35.4 Å². The number of nitrogens with one attached hydrogen (secondary N) is 1. The molecule has 1 N–H and O–H groups in total. The van der Waals surface area contributed by atoms with E-state index in [0.29, 0.717) is 12.0 Å². The van der Waals surface area contributed by atoms with Crippen molar-refractivity contribution in [2.45, 2.75) is 44.7 Å². The molecule has 0 saturated heterocycles. The zero-order chi connectivity index (χ0) is 14.0. The Morgan fingerprint density at radius 3 is 2.37 bits per heavy atom. The molecule has 19 heavy (non-hydrogen) atoms. The molecule has 3 nitrogen and oxygen atoms in total. The van der Waals surface area contributed by atoms with Crippen molar-refractivity contribution in [2.75, 3.05) is 12.0 Å². The fourth-order valence-corrected chi connectivity index (χ4v) is 3.77. The summed E-state index contributed by atoms with van der Waals surface area (Å²) in [5.74, 6) is 0.849. The van der Waals surface area contributed by atoms with E-state index in [1.54, 1.807) is 0 Å². The van der Waals surface area contributed by atoms with E-state index < -0.39 is 9.84 Å². The molecule has 0 bridgehead atoms. The SMILES string of the molecule is Cc1ccc(C2CC(NC(C)CS(C)(=O)=O)C2)cc1. The topological polar surface area (TPSA) is 46.2 Å². The molecular formula is C15H23NO2S. The minimum Gasteiger partial charge on any atom is -0.310 e. The van der Waals surface area contributed by atoms with Gasteiger partial charge in [0.2, 0.25) is 0 Å². The first-order chi connectivity index (χ1) is 8.83. The van der Waals surface area contributed by atoms with E-state index in [9.17, 15) is 8.42 Å². The summed E-state index contributed by atoms with van der Waals surface area (Å²) < 4.78 is 22.4. The van der Waals surface area contributed by atoms with Crippen molar-refractivity contribution in [1.82, 2.24) is 5.32 Å². The lowest BCUT2D eigenvalue weighted by Crippen LogP contribution is -2.46. The van der Waals surface area contributed by atoms with E-state index >= 15 is 0 Å². The lowest BCUT2D eigenvalue weighted by atomic mass is 9.75. The maximum atomic E-state index is 11.2. The lowest BCUT2D eigenvalue weighted by Gasteiger charge is -2.38. The Bertz CT molecular complexity index is 516. The summed E-state index contributed by atoms with van der Waals surface area (Å²) in [5.41, 5.74) is 2.69. The first-order valence-corrected chi connectivity index (χ1v) is 8.90. The number of hydrogen-bond donors (Lipinski definition) is 1. The van der Waals surface area contributed by atoms with Gasteiger partial charge in [-0.25, -0.2) is 8.42 Å². The van der Waals surface area contributed by atoms with Crippen molar-refractivity contribution in [1.29, 1.82) is 0 Å². The number of sulfone groups is 1. The Morgan fingerprint density at radius 1 is 1.26 bits per heavy atom. The van der Waals surface area contributed by atoms with Gasteiger partial charge in [0.25, 0.3) is 0 Å². The molecule has 0 aromatic heterocycles. The van der Waals surface area contributed by atoms with Crippen LogP contribution in [0.5, 0.6) is 0 Å². The molecule has 1 unspecified atom stereocenters. The first-order valence-electron chi connectivity index (χ1n) is 6.84. The van der Waals surface area contributed by atoms with Crippen LogP contribution in [0.1, 0.15) is 36.8 Å². The summed E-state index contributed by atoms with van der Waals surface area (Å²) in [6, 6.07) is 9.22. The third-order valence-electron chi connectivity index (χ3n) is 3.76. The molecule has 0 spiro atoms. The van der Waals surface area contributed by atoms with Gasteiger partial charge < -0.3 is 5.32 Å². The second-order valence-corrected chi connectivity index (χ2v) is 8.12. The summed E-state index contributed by atoms with van der Waals surface area (Å²) in [4.78, 5) is 0. The van der Waals surface area contributed by atoms with E-state index in [0.717, 1.165) is 12.8 Å². The van der Waals surface area contributed by atoms with Crippen molar-refractivity contribution >= 4 is 9.84 Å². The molecule has 0 heterocycles. The van der Waals surface area contributed by atoms with Gasteiger partial charge >= 0.3 is 0 Å². The maximum absolute atomic E-state index is 11.2. The third-order valence-corrected chi connectivity index (χ3v) is 4.87. The van der Waals surface area contributed by atoms with Crippen LogP contribution in [0.4, 0.5) is 0 Å². The number of rotatable bonds is 5. The second kappa shape index (κ2) is 5.63. The summed E-state index contributed by atoms with van der Waals surface area (Å²) in [7, 11) is -2.89. The number of benzene rings is 1. The van der Waals surface area contributed by atoms with Crippen LogP contribution >= 0.6 is 0 Å². The van der Waals surface area contributed by atoms with E-state index in [4.69, 9.17) is 0 Å². The molecule has 1 atom stereocenters. The standard InChI is InChI=1S/C15H23NO2S/c1-11-4-6-13(7-5-11)14-8-15(9-14)16-12(2)10-19(3,17)18/h4-7,12,14-16H,8-10H2,1-3H3. The van der Waals surface area contributed by atoms with Gasteiger partial charge in [0.05, 0.1) is 5.75 Å². The molecule has 1 saturated carbocycles. The highest BCUT2D eigenvalue weighted by Crippen LogP contribution is 2.37. The predicted molar refractivity (Wildman–Crippen MR) is 79.3 cm³/mol. The Morgan fingerprint density at radius 2 is 1.84 bits per heavy atom. The van der Waals surface area contributed by atoms with Gasteiger partial charge in [0, 0.05) is 18.3 Å². The third kappa shape index (κ3) is 4.32. The molecule has 2 rings (SSSR count). The summed E-state index contributed by atoms with van der Waals surface area (Å²) in [5, 5.41) is 3.40. The van der Waals surface area contributed by atoms with Crippen LogP contribution in [0.25, 0.3) is 0 Å². The first kappa shape index (κ1) is 14.5. The van der Waals surface area contributed by atoms with Crippen LogP contribution < -0.4 is 5.32 Å². The second-order valence-electron chi connectivity index (χ2n) is 5.94. The van der Waals surface area contributed by atoms with Gasteiger partial charge in [-0.15, -0.1) is 0 Å². The molecule has 1 aromatic rings. The summed E-state index contributed by atoms with van der Waals surface area (Å²) in [6.07, 6.45) is 3.51. The van der Waals surface area contributed by atoms with Crippen LogP contribution in [-0.2, 0) is 9.84 Å². The van der Waals surface area contributed by atoms with Crippen molar-refractivity contribution in [3.63, 3.8) is 0 Å². The normalized spacial score (nSPS) is 24.8. The number of hydrogen-bond acceptors (Lipinski definition) is 3. The zero-order valence-electron chi connectivity index (χ0n) is 11.9. The van der Waals surface area contributed by atoms with Crippen LogP contribution in [0.2, 0.25) is 0 Å². The van der Waals surface area contributed by atoms with E-state index in [1.165, 1.54) is 17.4 Å². The molecular weight excluding hydrogens is 258 g/mol. The molecule has 1 aliphatic rings. The maximum Gasteiger partial charge on any atom is 0.148 e. The van der Waals surface area contributed by atoms with Crippen molar-refractivity contribution in [2.24, 2.45) is 0 Å². The molecule has 0 radical (unpaired) electrons.